The van der Waals surface area contributed by atoms with Crippen molar-refractivity contribution in [2.24, 2.45) is 10.9 Å². The number of ether oxygens (including phenoxy) is 1. The predicted octanol–water partition coefficient (Wildman–Crippen LogP) is 3.16. The molecule has 3 rings (SSSR count). The van der Waals surface area contributed by atoms with Crippen molar-refractivity contribution in [2.45, 2.75) is 25.8 Å². The van der Waals surface area contributed by atoms with Crippen molar-refractivity contribution < 1.29 is 4.74 Å². The quantitative estimate of drug-likeness (QED) is 0.404. The molecule has 0 amide bonds. The fraction of sp³-hybridized carbons (Fsp3) is 0.524. The molecule has 0 aliphatic carbocycles. The van der Waals surface area contributed by atoms with Crippen LogP contribution < -0.4 is 15.4 Å². The number of guanidine groups is 1. The van der Waals surface area contributed by atoms with Crippen molar-refractivity contribution >= 4 is 17.3 Å². The van der Waals surface area contributed by atoms with E-state index in [-0.39, 0.29) is 0 Å². The van der Waals surface area contributed by atoms with E-state index in [2.05, 4.69) is 49.9 Å². The van der Waals surface area contributed by atoms with Crippen molar-refractivity contribution in [1.29, 1.82) is 0 Å². The highest BCUT2D eigenvalue weighted by molar-refractivity contribution is 7.10. The molecule has 0 saturated carbocycles. The monoisotopic (exact) mass is 401 g/mol. The normalized spacial score (nSPS) is 17.3. The van der Waals surface area contributed by atoms with Crippen LogP contribution in [0.3, 0.4) is 0 Å². The molecule has 0 bridgehead atoms. The van der Waals surface area contributed by atoms with Gasteiger partial charge in [-0.15, -0.1) is 11.3 Å². The Morgan fingerprint density at radius 2 is 2.18 bits per heavy atom. The second kappa shape index (κ2) is 11.0. The molecule has 28 heavy (non-hydrogen) atoms. The molecule has 2 N–H and O–H groups in total. The van der Waals surface area contributed by atoms with Crippen LogP contribution in [0.15, 0.2) is 47.0 Å². The molecule has 1 atom stereocenters. The van der Waals surface area contributed by atoms with E-state index in [0.717, 1.165) is 37.3 Å². The van der Waals surface area contributed by atoms with E-state index in [0.29, 0.717) is 19.2 Å². The lowest BCUT2D eigenvalue weighted by molar-refractivity contribution is 0.140. The third-order valence-corrected chi connectivity index (χ3v) is 6.09. The number of piperidine rings is 1. The standard InChI is InChI=1S/C21H31N5OS/c1-17-7-11-26(12-8-17)19(20-6-4-14-28-20)16-25-21(22-2)24-10-13-27-18-5-3-9-23-15-18/h3-6,9,14-15,17,19H,7-8,10-13,16H2,1-2H3,(H2,22,24,25). The number of hydrogen-bond acceptors (Lipinski definition) is 5. The van der Waals surface area contributed by atoms with Crippen LogP contribution in [0.25, 0.3) is 0 Å². The minimum absolute atomic E-state index is 0.387. The lowest BCUT2D eigenvalue weighted by atomic mass is 9.97. The Balaban J connectivity index is 1.47. The zero-order chi connectivity index (χ0) is 19.6. The van der Waals surface area contributed by atoms with E-state index in [1.165, 1.54) is 17.7 Å². The Hall–Kier alpha value is -2.12. The maximum absolute atomic E-state index is 5.68. The van der Waals surface area contributed by atoms with E-state index in [1.807, 2.05) is 23.5 Å². The third-order valence-electron chi connectivity index (χ3n) is 5.11. The summed E-state index contributed by atoms with van der Waals surface area (Å²) in [6.07, 6.45) is 6.02. The van der Waals surface area contributed by atoms with Crippen LogP contribution in [-0.4, -0.2) is 55.7 Å². The number of hydrogen-bond donors (Lipinski definition) is 2. The molecular weight excluding hydrogens is 370 g/mol. The highest BCUT2D eigenvalue weighted by Gasteiger charge is 2.25. The molecule has 7 heteroatoms. The number of nitrogens with zero attached hydrogens (tertiary/aromatic N) is 3. The summed E-state index contributed by atoms with van der Waals surface area (Å²) in [5.74, 6) is 2.42. The van der Waals surface area contributed by atoms with Gasteiger partial charge in [0.05, 0.1) is 18.8 Å². The number of likely N-dealkylation sites (tertiary alicyclic amines) is 1. The fourth-order valence-electron chi connectivity index (χ4n) is 3.42. The van der Waals surface area contributed by atoms with Gasteiger partial charge in [0.25, 0.3) is 0 Å². The molecule has 1 aliphatic rings. The zero-order valence-electron chi connectivity index (χ0n) is 16.8. The molecule has 1 saturated heterocycles. The Bertz CT molecular complexity index is 699. The summed E-state index contributed by atoms with van der Waals surface area (Å²) >= 11 is 1.84. The molecule has 1 unspecified atom stereocenters. The first kappa shape index (κ1) is 20.6. The first-order valence-electron chi connectivity index (χ1n) is 10.0. The number of thiophene rings is 1. The van der Waals surface area contributed by atoms with Crippen LogP contribution in [0.4, 0.5) is 0 Å². The molecule has 2 aromatic rings. The molecule has 3 heterocycles. The average Bonchev–Trinajstić information content (AvgIpc) is 3.26. The lowest BCUT2D eigenvalue weighted by Gasteiger charge is -2.36. The maximum Gasteiger partial charge on any atom is 0.191 e. The summed E-state index contributed by atoms with van der Waals surface area (Å²) < 4.78 is 5.68. The minimum atomic E-state index is 0.387. The van der Waals surface area contributed by atoms with Crippen LogP contribution >= 0.6 is 11.3 Å². The van der Waals surface area contributed by atoms with Crippen LogP contribution in [-0.2, 0) is 0 Å². The van der Waals surface area contributed by atoms with Gasteiger partial charge in [-0.25, -0.2) is 0 Å². The first-order valence-corrected chi connectivity index (χ1v) is 10.9. The van der Waals surface area contributed by atoms with Crippen molar-refractivity contribution in [1.82, 2.24) is 20.5 Å². The molecule has 6 nitrogen and oxygen atoms in total. The third kappa shape index (κ3) is 6.21. The Morgan fingerprint density at radius 1 is 1.32 bits per heavy atom. The molecule has 2 aromatic heterocycles. The molecule has 1 fully saturated rings. The minimum Gasteiger partial charge on any atom is -0.490 e. The van der Waals surface area contributed by atoms with Gasteiger partial charge in [-0.05, 0) is 55.4 Å². The van der Waals surface area contributed by atoms with E-state index in [4.69, 9.17) is 4.74 Å². The molecule has 0 aromatic carbocycles. The predicted molar refractivity (Wildman–Crippen MR) is 116 cm³/mol. The maximum atomic E-state index is 5.68. The van der Waals surface area contributed by atoms with Gasteiger partial charge >= 0.3 is 0 Å². The zero-order valence-corrected chi connectivity index (χ0v) is 17.6. The van der Waals surface area contributed by atoms with Crippen LogP contribution in [0.2, 0.25) is 0 Å². The SMILES string of the molecule is CN=C(NCCOc1cccnc1)NCC(c1cccs1)N1CCC(C)CC1. The average molecular weight is 402 g/mol. The van der Waals surface area contributed by atoms with Crippen molar-refractivity contribution in [2.75, 3.05) is 39.8 Å². The van der Waals surface area contributed by atoms with Gasteiger partial charge in [-0.1, -0.05) is 13.0 Å². The number of rotatable bonds is 8. The molecule has 0 spiro atoms. The first-order chi connectivity index (χ1) is 13.8. The van der Waals surface area contributed by atoms with Gasteiger partial charge in [-0.2, -0.15) is 0 Å². The summed E-state index contributed by atoms with van der Waals surface area (Å²) in [7, 11) is 1.81. The summed E-state index contributed by atoms with van der Waals surface area (Å²) in [6, 6.07) is 8.55. The summed E-state index contributed by atoms with van der Waals surface area (Å²) in [4.78, 5) is 12.4. The number of pyridine rings is 1. The highest BCUT2D eigenvalue weighted by Crippen LogP contribution is 2.29. The van der Waals surface area contributed by atoms with Crippen LogP contribution in [0.5, 0.6) is 5.75 Å². The molecule has 0 radical (unpaired) electrons. The van der Waals surface area contributed by atoms with Crippen molar-refractivity contribution in [3.05, 3.63) is 46.9 Å². The van der Waals surface area contributed by atoms with E-state index < -0.39 is 0 Å². The molecular formula is C21H31N5OS. The summed E-state index contributed by atoms with van der Waals surface area (Å²) in [5.41, 5.74) is 0. The molecule has 152 valence electrons. The van der Waals surface area contributed by atoms with Crippen LogP contribution in [0, 0.1) is 5.92 Å². The van der Waals surface area contributed by atoms with E-state index in [1.54, 1.807) is 19.4 Å². The Morgan fingerprint density at radius 3 is 2.86 bits per heavy atom. The van der Waals surface area contributed by atoms with E-state index in [9.17, 15) is 0 Å². The highest BCUT2D eigenvalue weighted by atomic mass is 32.1. The van der Waals surface area contributed by atoms with Crippen molar-refractivity contribution in [3.63, 3.8) is 0 Å². The largest absolute Gasteiger partial charge is 0.490 e. The second-order valence-corrected chi connectivity index (χ2v) is 8.15. The van der Waals surface area contributed by atoms with Gasteiger partial charge in [-0.3, -0.25) is 14.9 Å². The smallest absolute Gasteiger partial charge is 0.191 e. The van der Waals surface area contributed by atoms with Crippen LogP contribution in [0.1, 0.15) is 30.7 Å². The fourth-order valence-corrected chi connectivity index (χ4v) is 4.28. The summed E-state index contributed by atoms with van der Waals surface area (Å²) in [6.45, 7) is 6.77. The van der Waals surface area contributed by atoms with Gasteiger partial charge in [0.2, 0.25) is 0 Å². The lowest BCUT2D eigenvalue weighted by Crippen LogP contribution is -2.45. The number of aromatic nitrogens is 1. The topological polar surface area (TPSA) is 61.8 Å². The van der Waals surface area contributed by atoms with Gasteiger partial charge < -0.3 is 15.4 Å². The number of aliphatic imine (C=N–C) groups is 1. The second-order valence-electron chi connectivity index (χ2n) is 7.17. The van der Waals surface area contributed by atoms with Crippen molar-refractivity contribution in [3.8, 4) is 5.75 Å². The Labute approximate surface area is 172 Å². The summed E-state index contributed by atoms with van der Waals surface area (Å²) in [5, 5.41) is 8.99. The molecule has 1 aliphatic heterocycles. The van der Waals surface area contributed by atoms with Gasteiger partial charge in [0.15, 0.2) is 5.96 Å². The van der Waals surface area contributed by atoms with Gasteiger partial charge in [0, 0.05) is 24.7 Å². The van der Waals surface area contributed by atoms with Gasteiger partial charge in [0.1, 0.15) is 12.4 Å². The number of nitrogens with one attached hydrogen (secondary N) is 2. The van der Waals surface area contributed by atoms with E-state index >= 15 is 0 Å². The Kier molecular flexibility index (Phi) is 8.11.